The molecule has 0 bridgehead atoms. The molecule has 0 spiro atoms. The Bertz CT molecular complexity index is 301. The number of aliphatic carboxylic acids is 1. The molecule has 1 fully saturated rings. The molecule has 1 aliphatic rings. The predicted molar refractivity (Wildman–Crippen MR) is 73.8 cm³/mol. The number of rotatable bonds is 7. The van der Waals surface area contributed by atoms with Gasteiger partial charge in [0.2, 0.25) is 5.91 Å². The van der Waals surface area contributed by atoms with Crippen molar-refractivity contribution < 1.29 is 14.7 Å². The fraction of sp³-hybridized carbons (Fsp3) is 0.846. The lowest BCUT2D eigenvalue weighted by atomic mass is 9.82. The van der Waals surface area contributed by atoms with Crippen molar-refractivity contribution in [3.63, 3.8) is 0 Å². The second-order valence-electron chi connectivity index (χ2n) is 4.99. The summed E-state index contributed by atoms with van der Waals surface area (Å²) in [5, 5.41) is 11.9. The number of thioether (sulfide) groups is 1. The molecule has 1 aliphatic carbocycles. The van der Waals surface area contributed by atoms with Crippen LogP contribution in [0.5, 0.6) is 0 Å². The second-order valence-corrected chi connectivity index (χ2v) is 5.97. The highest BCUT2D eigenvalue weighted by molar-refractivity contribution is 7.98. The van der Waals surface area contributed by atoms with E-state index in [9.17, 15) is 9.59 Å². The third kappa shape index (κ3) is 3.64. The van der Waals surface area contributed by atoms with Gasteiger partial charge in [0, 0.05) is 5.41 Å². The smallest absolute Gasteiger partial charge is 0.326 e. The molecule has 2 N–H and O–H groups in total. The van der Waals surface area contributed by atoms with Crippen molar-refractivity contribution in [2.45, 2.75) is 51.5 Å². The van der Waals surface area contributed by atoms with E-state index in [2.05, 4.69) is 5.32 Å². The molecule has 5 heteroatoms. The molecule has 0 aromatic carbocycles. The molecular weight excluding hydrogens is 250 g/mol. The van der Waals surface area contributed by atoms with E-state index in [4.69, 9.17) is 5.11 Å². The topological polar surface area (TPSA) is 66.4 Å². The highest BCUT2D eigenvalue weighted by atomic mass is 32.2. The Morgan fingerprint density at radius 3 is 2.44 bits per heavy atom. The van der Waals surface area contributed by atoms with E-state index in [0.29, 0.717) is 6.42 Å². The lowest BCUT2D eigenvalue weighted by molar-refractivity contribution is -0.144. The minimum Gasteiger partial charge on any atom is -0.480 e. The third-order valence-corrected chi connectivity index (χ3v) is 4.58. The van der Waals surface area contributed by atoms with Gasteiger partial charge in [0.05, 0.1) is 0 Å². The Balaban J connectivity index is 2.62. The van der Waals surface area contributed by atoms with Crippen LogP contribution in [0.3, 0.4) is 0 Å². The number of carbonyl (C=O) groups excluding carboxylic acids is 1. The zero-order chi connectivity index (χ0) is 13.6. The van der Waals surface area contributed by atoms with Crippen LogP contribution in [0.2, 0.25) is 0 Å². The van der Waals surface area contributed by atoms with Gasteiger partial charge in [-0.1, -0.05) is 19.8 Å². The van der Waals surface area contributed by atoms with Crippen LogP contribution in [0, 0.1) is 5.41 Å². The summed E-state index contributed by atoms with van der Waals surface area (Å²) in [6.07, 6.45) is 7.16. The minimum atomic E-state index is -0.929. The molecule has 1 unspecified atom stereocenters. The van der Waals surface area contributed by atoms with Gasteiger partial charge in [-0.3, -0.25) is 4.79 Å². The van der Waals surface area contributed by atoms with Crippen molar-refractivity contribution in [1.29, 1.82) is 0 Å². The molecule has 0 radical (unpaired) electrons. The van der Waals surface area contributed by atoms with Crippen molar-refractivity contribution in [2.75, 3.05) is 12.0 Å². The summed E-state index contributed by atoms with van der Waals surface area (Å²) in [7, 11) is 0. The standard InChI is InChI=1S/C13H23NO3S/c1-3-13(7-4-5-8-13)12(17)14-10(11(15)16)6-9-18-2/h10H,3-9H2,1-2H3,(H,14,17)(H,15,16). The molecule has 0 heterocycles. The number of amides is 1. The van der Waals surface area contributed by atoms with Crippen molar-refractivity contribution in [3.05, 3.63) is 0 Å². The summed E-state index contributed by atoms with van der Waals surface area (Å²) >= 11 is 1.60. The third-order valence-electron chi connectivity index (χ3n) is 3.93. The van der Waals surface area contributed by atoms with Crippen molar-refractivity contribution in [1.82, 2.24) is 5.32 Å². The molecular formula is C13H23NO3S. The molecule has 1 atom stereocenters. The monoisotopic (exact) mass is 273 g/mol. The minimum absolute atomic E-state index is 0.0593. The van der Waals surface area contributed by atoms with Crippen LogP contribution >= 0.6 is 11.8 Å². The van der Waals surface area contributed by atoms with E-state index < -0.39 is 12.0 Å². The van der Waals surface area contributed by atoms with Gasteiger partial charge in [0.25, 0.3) is 0 Å². The van der Waals surface area contributed by atoms with E-state index in [1.165, 1.54) is 0 Å². The summed E-state index contributed by atoms with van der Waals surface area (Å²) < 4.78 is 0. The molecule has 0 aliphatic heterocycles. The summed E-state index contributed by atoms with van der Waals surface area (Å²) in [4.78, 5) is 23.4. The average molecular weight is 273 g/mol. The maximum atomic E-state index is 12.3. The number of carboxylic acids is 1. The fourth-order valence-electron chi connectivity index (χ4n) is 2.60. The number of carbonyl (C=O) groups is 2. The summed E-state index contributed by atoms with van der Waals surface area (Å²) in [6, 6.07) is -0.742. The zero-order valence-electron chi connectivity index (χ0n) is 11.2. The second kappa shape index (κ2) is 7.02. The Morgan fingerprint density at radius 1 is 1.39 bits per heavy atom. The number of hydrogen-bond donors (Lipinski definition) is 2. The SMILES string of the molecule is CCC1(C(=O)NC(CCSC)C(=O)O)CCCC1. The van der Waals surface area contributed by atoms with E-state index in [1.807, 2.05) is 13.2 Å². The van der Waals surface area contributed by atoms with Crippen LogP contribution in [-0.4, -0.2) is 35.0 Å². The first-order valence-corrected chi connectivity index (χ1v) is 7.98. The average Bonchev–Trinajstić information content (AvgIpc) is 2.83. The molecule has 104 valence electrons. The lowest BCUT2D eigenvalue weighted by Crippen LogP contribution is -2.47. The highest BCUT2D eigenvalue weighted by Gasteiger charge is 2.40. The Kier molecular flexibility index (Phi) is 5.99. The normalized spacial score (nSPS) is 19.4. The van der Waals surface area contributed by atoms with Gasteiger partial charge in [-0.2, -0.15) is 11.8 Å². The molecule has 0 aromatic heterocycles. The first-order chi connectivity index (χ1) is 8.55. The van der Waals surface area contributed by atoms with Crippen LogP contribution < -0.4 is 5.32 Å². The van der Waals surface area contributed by atoms with Gasteiger partial charge in [-0.05, 0) is 37.7 Å². The quantitative estimate of drug-likeness (QED) is 0.747. The maximum absolute atomic E-state index is 12.3. The van der Waals surface area contributed by atoms with E-state index in [0.717, 1.165) is 37.9 Å². The molecule has 0 aromatic rings. The van der Waals surface area contributed by atoms with E-state index in [1.54, 1.807) is 11.8 Å². The van der Waals surface area contributed by atoms with Gasteiger partial charge >= 0.3 is 5.97 Å². The van der Waals surface area contributed by atoms with Crippen LogP contribution in [-0.2, 0) is 9.59 Å². The Hall–Kier alpha value is -0.710. The molecule has 4 nitrogen and oxygen atoms in total. The summed E-state index contributed by atoms with van der Waals surface area (Å²) in [5.74, 6) is -0.242. The molecule has 18 heavy (non-hydrogen) atoms. The van der Waals surface area contributed by atoms with Crippen LogP contribution in [0.15, 0.2) is 0 Å². The number of hydrogen-bond acceptors (Lipinski definition) is 3. The number of carboxylic acid groups (broad SMARTS) is 1. The zero-order valence-corrected chi connectivity index (χ0v) is 12.0. The summed E-state index contributed by atoms with van der Waals surface area (Å²) in [6.45, 7) is 2.02. The molecule has 1 amide bonds. The van der Waals surface area contributed by atoms with Gasteiger partial charge in [0.15, 0.2) is 0 Å². The van der Waals surface area contributed by atoms with E-state index >= 15 is 0 Å². The van der Waals surface area contributed by atoms with Crippen molar-refractivity contribution in [3.8, 4) is 0 Å². The Morgan fingerprint density at radius 2 is 2.00 bits per heavy atom. The van der Waals surface area contributed by atoms with Gasteiger partial charge in [-0.15, -0.1) is 0 Å². The van der Waals surface area contributed by atoms with Crippen LogP contribution in [0.25, 0.3) is 0 Å². The van der Waals surface area contributed by atoms with Crippen molar-refractivity contribution >= 4 is 23.6 Å². The largest absolute Gasteiger partial charge is 0.480 e. The van der Waals surface area contributed by atoms with E-state index in [-0.39, 0.29) is 11.3 Å². The summed E-state index contributed by atoms with van der Waals surface area (Å²) in [5.41, 5.74) is -0.312. The lowest BCUT2D eigenvalue weighted by Gasteiger charge is -2.28. The maximum Gasteiger partial charge on any atom is 0.326 e. The van der Waals surface area contributed by atoms with Gasteiger partial charge < -0.3 is 10.4 Å². The van der Waals surface area contributed by atoms with Crippen LogP contribution in [0.4, 0.5) is 0 Å². The molecule has 0 saturated heterocycles. The van der Waals surface area contributed by atoms with Crippen molar-refractivity contribution in [2.24, 2.45) is 5.41 Å². The molecule has 1 saturated carbocycles. The van der Waals surface area contributed by atoms with Crippen LogP contribution in [0.1, 0.15) is 45.4 Å². The molecule has 1 rings (SSSR count). The number of nitrogens with one attached hydrogen (secondary N) is 1. The highest BCUT2D eigenvalue weighted by Crippen LogP contribution is 2.41. The first kappa shape index (κ1) is 15.3. The predicted octanol–water partition coefficient (Wildman–Crippen LogP) is 2.28. The fourth-order valence-corrected chi connectivity index (χ4v) is 3.07. The first-order valence-electron chi connectivity index (χ1n) is 6.58. The van der Waals surface area contributed by atoms with Gasteiger partial charge in [0.1, 0.15) is 6.04 Å². The van der Waals surface area contributed by atoms with Gasteiger partial charge in [-0.25, -0.2) is 4.79 Å². The Labute approximate surface area is 113 Å².